The van der Waals surface area contributed by atoms with Crippen molar-refractivity contribution in [2.24, 2.45) is 0 Å². The van der Waals surface area contributed by atoms with Gasteiger partial charge in [-0.15, -0.1) is 11.8 Å². The van der Waals surface area contributed by atoms with Gasteiger partial charge in [0.05, 0.1) is 11.3 Å². The largest absolute Gasteiger partial charge is 0.337 e. The molecule has 0 radical (unpaired) electrons. The fourth-order valence-electron chi connectivity index (χ4n) is 1.20. The van der Waals surface area contributed by atoms with Gasteiger partial charge in [0.15, 0.2) is 0 Å². The highest BCUT2D eigenvalue weighted by molar-refractivity contribution is 8.00. The maximum Gasteiger partial charge on any atom is 0.234 e. The van der Waals surface area contributed by atoms with Gasteiger partial charge in [0.2, 0.25) is 5.91 Å². The normalized spacial score (nSPS) is 22.4. The Kier molecular flexibility index (Phi) is 3.21. The minimum atomic E-state index is -0.736. The summed E-state index contributed by atoms with van der Waals surface area (Å²) in [5.41, 5.74) is -0.736. The van der Waals surface area contributed by atoms with Gasteiger partial charge in [-0.3, -0.25) is 4.79 Å². The second kappa shape index (κ2) is 4.01. The van der Waals surface area contributed by atoms with Gasteiger partial charge in [-0.05, 0) is 32.4 Å². The molecule has 0 saturated carbocycles. The molecule has 0 aliphatic carbocycles. The molecule has 3 nitrogen and oxygen atoms in total. The summed E-state index contributed by atoms with van der Waals surface area (Å²) in [5, 5.41) is 11.5. The first-order chi connectivity index (χ1) is 6.05. The number of amides is 1. The second-order valence-electron chi connectivity index (χ2n) is 3.73. The molecule has 1 fully saturated rings. The van der Waals surface area contributed by atoms with E-state index in [1.165, 1.54) is 0 Å². The number of nitrogens with one attached hydrogen (secondary N) is 1. The Morgan fingerprint density at radius 2 is 2.38 bits per heavy atom. The Bertz CT molecular complexity index is 238. The maximum atomic E-state index is 11.5. The number of carbonyl (C=O) groups excluding carboxylic acids is 1. The number of hydrogen-bond acceptors (Lipinski definition) is 3. The highest BCUT2D eigenvalue weighted by atomic mass is 32.2. The summed E-state index contributed by atoms with van der Waals surface area (Å²) in [6.45, 7) is 3.43. The number of carbonyl (C=O) groups is 1. The molecule has 1 heterocycles. The van der Waals surface area contributed by atoms with E-state index < -0.39 is 5.54 Å². The van der Waals surface area contributed by atoms with Crippen LogP contribution in [-0.2, 0) is 4.79 Å². The predicted molar refractivity (Wildman–Crippen MR) is 53.3 cm³/mol. The van der Waals surface area contributed by atoms with Crippen molar-refractivity contribution in [3.8, 4) is 6.07 Å². The monoisotopic (exact) mass is 198 g/mol. The summed E-state index contributed by atoms with van der Waals surface area (Å²) in [6.07, 6.45) is 2.05. The lowest BCUT2D eigenvalue weighted by Crippen LogP contribution is -2.45. The molecular formula is C9H14N2OS. The van der Waals surface area contributed by atoms with Gasteiger partial charge in [-0.2, -0.15) is 5.26 Å². The van der Waals surface area contributed by atoms with Crippen LogP contribution in [-0.4, -0.2) is 22.4 Å². The number of rotatable bonds is 2. The van der Waals surface area contributed by atoms with Crippen LogP contribution in [0.5, 0.6) is 0 Å². The lowest BCUT2D eigenvalue weighted by Gasteiger charge is -2.19. The van der Waals surface area contributed by atoms with Gasteiger partial charge < -0.3 is 5.32 Å². The van der Waals surface area contributed by atoms with E-state index in [-0.39, 0.29) is 11.2 Å². The van der Waals surface area contributed by atoms with Crippen molar-refractivity contribution in [1.82, 2.24) is 5.32 Å². The summed E-state index contributed by atoms with van der Waals surface area (Å²) in [6, 6.07) is 2.05. The first-order valence-electron chi connectivity index (χ1n) is 4.40. The molecular weight excluding hydrogens is 184 g/mol. The van der Waals surface area contributed by atoms with Crippen LogP contribution in [0.4, 0.5) is 0 Å². The third kappa shape index (κ3) is 2.92. The van der Waals surface area contributed by atoms with Crippen LogP contribution in [0.15, 0.2) is 0 Å². The Hall–Kier alpha value is -0.690. The summed E-state index contributed by atoms with van der Waals surface area (Å²) in [7, 11) is 0. The minimum Gasteiger partial charge on any atom is -0.337 e. The van der Waals surface area contributed by atoms with Crippen molar-refractivity contribution in [2.45, 2.75) is 37.5 Å². The van der Waals surface area contributed by atoms with Crippen molar-refractivity contribution < 1.29 is 4.79 Å². The molecule has 0 aromatic carbocycles. The third-order valence-electron chi connectivity index (χ3n) is 1.94. The molecule has 1 N–H and O–H groups in total. The molecule has 0 spiro atoms. The highest BCUT2D eigenvalue weighted by Crippen LogP contribution is 2.26. The summed E-state index contributed by atoms with van der Waals surface area (Å²) >= 11 is 1.68. The van der Waals surface area contributed by atoms with Gasteiger partial charge >= 0.3 is 0 Å². The average Bonchev–Trinajstić information content (AvgIpc) is 2.55. The lowest BCUT2D eigenvalue weighted by molar-refractivity contribution is -0.121. The number of nitrogens with zero attached hydrogens (tertiary/aromatic N) is 1. The van der Waals surface area contributed by atoms with E-state index in [4.69, 9.17) is 5.26 Å². The molecule has 1 aliphatic rings. The molecule has 13 heavy (non-hydrogen) atoms. The van der Waals surface area contributed by atoms with Crippen molar-refractivity contribution >= 4 is 17.7 Å². The third-order valence-corrected chi connectivity index (χ3v) is 3.31. The van der Waals surface area contributed by atoms with Crippen LogP contribution in [0.1, 0.15) is 26.7 Å². The molecule has 72 valence electrons. The van der Waals surface area contributed by atoms with Gasteiger partial charge in [0.25, 0.3) is 0 Å². The SMILES string of the molecule is CC(C)(C#N)NC(=O)C1CCCS1. The van der Waals surface area contributed by atoms with Crippen LogP contribution in [0.3, 0.4) is 0 Å². The zero-order valence-corrected chi connectivity index (χ0v) is 8.78. The average molecular weight is 198 g/mol. The van der Waals surface area contributed by atoms with Crippen LogP contribution in [0, 0.1) is 11.3 Å². The fraction of sp³-hybridized carbons (Fsp3) is 0.778. The van der Waals surface area contributed by atoms with E-state index in [2.05, 4.69) is 11.4 Å². The minimum absolute atomic E-state index is 0.00838. The molecule has 0 aromatic rings. The zero-order chi connectivity index (χ0) is 9.90. The van der Waals surface area contributed by atoms with Crippen molar-refractivity contribution in [2.75, 3.05) is 5.75 Å². The molecule has 1 amide bonds. The van der Waals surface area contributed by atoms with Crippen molar-refractivity contribution in [1.29, 1.82) is 5.26 Å². The molecule has 0 aromatic heterocycles. The highest BCUT2D eigenvalue weighted by Gasteiger charge is 2.28. The molecule has 1 aliphatic heterocycles. The topological polar surface area (TPSA) is 52.9 Å². The maximum absolute atomic E-state index is 11.5. The smallest absolute Gasteiger partial charge is 0.234 e. The molecule has 1 rings (SSSR count). The number of nitriles is 1. The summed E-state index contributed by atoms with van der Waals surface area (Å²) in [5.74, 6) is 1.07. The molecule has 1 atom stereocenters. The summed E-state index contributed by atoms with van der Waals surface area (Å²) in [4.78, 5) is 11.5. The number of thioether (sulfide) groups is 1. The van der Waals surface area contributed by atoms with Gasteiger partial charge in [-0.1, -0.05) is 0 Å². The summed E-state index contributed by atoms with van der Waals surface area (Å²) < 4.78 is 0. The van der Waals surface area contributed by atoms with Gasteiger partial charge in [-0.25, -0.2) is 0 Å². The van der Waals surface area contributed by atoms with Gasteiger partial charge in [0.1, 0.15) is 5.54 Å². The molecule has 0 bridgehead atoms. The van der Waals surface area contributed by atoms with Crippen molar-refractivity contribution in [3.05, 3.63) is 0 Å². The Labute approximate surface area is 82.9 Å². The Morgan fingerprint density at radius 3 is 2.85 bits per heavy atom. The van der Waals surface area contributed by atoms with Crippen molar-refractivity contribution in [3.63, 3.8) is 0 Å². The predicted octanol–water partition coefficient (Wildman–Crippen LogP) is 1.30. The van der Waals surface area contributed by atoms with E-state index in [1.807, 2.05) is 0 Å². The Morgan fingerprint density at radius 1 is 1.69 bits per heavy atom. The molecule has 1 unspecified atom stereocenters. The first-order valence-corrected chi connectivity index (χ1v) is 5.45. The van der Waals surface area contributed by atoms with E-state index in [9.17, 15) is 4.79 Å². The quantitative estimate of drug-likeness (QED) is 0.727. The van der Waals surface area contributed by atoms with E-state index in [0.717, 1.165) is 18.6 Å². The Balaban J connectivity index is 2.45. The standard InChI is InChI=1S/C9H14N2OS/c1-9(2,6-10)11-8(12)7-4-3-5-13-7/h7H,3-5H2,1-2H3,(H,11,12). The lowest BCUT2D eigenvalue weighted by atomic mass is 10.1. The molecule has 1 saturated heterocycles. The van der Waals surface area contributed by atoms with Crippen LogP contribution < -0.4 is 5.32 Å². The van der Waals surface area contributed by atoms with Crippen LogP contribution in [0.2, 0.25) is 0 Å². The first kappa shape index (κ1) is 10.4. The van der Waals surface area contributed by atoms with Crippen LogP contribution in [0.25, 0.3) is 0 Å². The fourth-order valence-corrected chi connectivity index (χ4v) is 2.36. The number of hydrogen-bond donors (Lipinski definition) is 1. The van der Waals surface area contributed by atoms with E-state index in [1.54, 1.807) is 25.6 Å². The van der Waals surface area contributed by atoms with Gasteiger partial charge in [0, 0.05) is 0 Å². The second-order valence-corrected chi connectivity index (χ2v) is 5.04. The zero-order valence-electron chi connectivity index (χ0n) is 7.96. The van der Waals surface area contributed by atoms with E-state index >= 15 is 0 Å². The van der Waals surface area contributed by atoms with Crippen LogP contribution >= 0.6 is 11.8 Å². The molecule has 4 heteroatoms. The van der Waals surface area contributed by atoms with E-state index in [0.29, 0.717) is 0 Å².